The summed E-state index contributed by atoms with van der Waals surface area (Å²) in [6.45, 7) is 3.11. The third-order valence-corrected chi connectivity index (χ3v) is 3.77. The van der Waals surface area contributed by atoms with Crippen LogP contribution in [0.1, 0.15) is 12.8 Å². The molecule has 2 rings (SSSR count). The summed E-state index contributed by atoms with van der Waals surface area (Å²) in [7, 11) is 0. The predicted molar refractivity (Wildman–Crippen MR) is 93.8 cm³/mol. The van der Waals surface area contributed by atoms with Gasteiger partial charge < -0.3 is 20.3 Å². The molecule has 0 bridgehead atoms. The van der Waals surface area contributed by atoms with E-state index in [0.717, 1.165) is 24.5 Å². The maximum atomic E-state index is 11.7. The van der Waals surface area contributed by atoms with E-state index in [0.29, 0.717) is 37.0 Å². The number of amides is 1. The van der Waals surface area contributed by atoms with E-state index in [4.69, 9.17) is 28.6 Å². The molecule has 1 amide bonds. The smallest absolute Gasteiger partial charge is 0.226 e. The van der Waals surface area contributed by atoms with Crippen LogP contribution < -0.4 is 15.5 Å². The summed E-state index contributed by atoms with van der Waals surface area (Å²) in [5, 5.41) is 6.08. The number of carbonyl (C=O) groups excluding carboxylic acids is 1. The molecule has 0 aromatic heterocycles. The minimum absolute atomic E-state index is 0.123. The Bertz CT molecular complexity index is 521. The molecule has 22 heavy (non-hydrogen) atoms. The Hall–Kier alpha value is -1.37. The summed E-state index contributed by atoms with van der Waals surface area (Å²) in [6.07, 6.45) is 1.01. The summed E-state index contributed by atoms with van der Waals surface area (Å²) < 4.78 is 5.38. The van der Waals surface area contributed by atoms with E-state index in [9.17, 15) is 4.79 Å². The van der Waals surface area contributed by atoms with Crippen LogP contribution in [0.25, 0.3) is 0 Å². The SMILES string of the molecule is O=C(CCCCl)NC(=S)Nc1ccccc1N1CCOCC1. The topological polar surface area (TPSA) is 53.6 Å². The van der Waals surface area contributed by atoms with Crippen molar-refractivity contribution in [2.75, 3.05) is 42.4 Å². The molecule has 1 aliphatic rings. The van der Waals surface area contributed by atoms with E-state index in [1.165, 1.54) is 0 Å². The van der Waals surface area contributed by atoms with Crippen LogP contribution in [0.5, 0.6) is 0 Å². The highest BCUT2D eigenvalue weighted by Crippen LogP contribution is 2.26. The number of benzene rings is 1. The van der Waals surface area contributed by atoms with Crippen molar-refractivity contribution in [2.24, 2.45) is 0 Å². The van der Waals surface area contributed by atoms with Crippen LogP contribution in [0, 0.1) is 0 Å². The molecule has 0 saturated carbocycles. The molecule has 120 valence electrons. The van der Waals surface area contributed by atoms with Gasteiger partial charge in [-0.05, 0) is 30.8 Å². The van der Waals surface area contributed by atoms with Crippen LogP contribution in [0.2, 0.25) is 0 Å². The highest BCUT2D eigenvalue weighted by Gasteiger charge is 2.15. The fraction of sp³-hybridized carbons (Fsp3) is 0.467. The maximum absolute atomic E-state index is 11.7. The van der Waals surface area contributed by atoms with Crippen molar-refractivity contribution in [3.8, 4) is 0 Å². The van der Waals surface area contributed by atoms with Crippen molar-refractivity contribution in [2.45, 2.75) is 12.8 Å². The lowest BCUT2D eigenvalue weighted by molar-refractivity contribution is -0.119. The minimum Gasteiger partial charge on any atom is -0.378 e. The second-order valence-electron chi connectivity index (χ2n) is 4.91. The molecule has 1 aromatic carbocycles. The van der Waals surface area contributed by atoms with Gasteiger partial charge in [-0.2, -0.15) is 0 Å². The first-order chi connectivity index (χ1) is 10.7. The van der Waals surface area contributed by atoms with E-state index in [2.05, 4.69) is 15.5 Å². The van der Waals surface area contributed by atoms with Gasteiger partial charge in [0.05, 0.1) is 24.6 Å². The largest absolute Gasteiger partial charge is 0.378 e. The predicted octanol–water partition coefficient (Wildman–Crippen LogP) is 2.36. The van der Waals surface area contributed by atoms with Crippen LogP contribution in [0.15, 0.2) is 24.3 Å². The first-order valence-corrected chi connectivity index (χ1v) is 8.23. The lowest BCUT2D eigenvalue weighted by atomic mass is 10.2. The highest BCUT2D eigenvalue weighted by molar-refractivity contribution is 7.80. The van der Waals surface area contributed by atoms with E-state index < -0.39 is 0 Å². The third-order valence-electron chi connectivity index (χ3n) is 3.29. The number of nitrogens with zero attached hydrogens (tertiary/aromatic N) is 1. The molecule has 0 spiro atoms. The van der Waals surface area contributed by atoms with Crippen LogP contribution in [-0.2, 0) is 9.53 Å². The molecule has 1 aliphatic heterocycles. The zero-order valence-corrected chi connectivity index (χ0v) is 13.9. The zero-order chi connectivity index (χ0) is 15.8. The Balaban J connectivity index is 1.97. The second-order valence-corrected chi connectivity index (χ2v) is 5.70. The maximum Gasteiger partial charge on any atom is 0.226 e. The molecule has 1 heterocycles. The van der Waals surface area contributed by atoms with Crippen LogP contribution in [0.3, 0.4) is 0 Å². The van der Waals surface area contributed by atoms with Gasteiger partial charge in [0.25, 0.3) is 0 Å². The Morgan fingerprint density at radius 1 is 1.32 bits per heavy atom. The van der Waals surface area contributed by atoms with Gasteiger partial charge in [0.15, 0.2) is 5.11 Å². The molecule has 5 nitrogen and oxygen atoms in total. The molecule has 0 aliphatic carbocycles. The van der Waals surface area contributed by atoms with E-state index in [-0.39, 0.29) is 5.91 Å². The van der Waals surface area contributed by atoms with Gasteiger partial charge in [-0.25, -0.2) is 0 Å². The number of carbonyl (C=O) groups is 1. The number of nitrogens with one attached hydrogen (secondary N) is 2. The Labute approximate surface area is 141 Å². The molecule has 2 N–H and O–H groups in total. The van der Waals surface area contributed by atoms with Gasteiger partial charge in [-0.15, -0.1) is 11.6 Å². The van der Waals surface area contributed by atoms with Gasteiger partial charge in [-0.1, -0.05) is 12.1 Å². The van der Waals surface area contributed by atoms with Crippen LogP contribution in [0.4, 0.5) is 11.4 Å². The fourth-order valence-electron chi connectivity index (χ4n) is 2.23. The molecular formula is C15H20ClN3O2S. The Kier molecular flexibility index (Phi) is 6.89. The monoisotopic (exact) mass is 341 g/mol. The number of anilines is 2. The molecule has 0 unspecified atom stereocenters. The van der Waals surface area contributed by atoms with Gasteiger partial charge in [-0.3, -0.25) is 4.79 Å². The lowest BCUT2D eigenvalue weighted by Crippen LogP contribution is -2.38. The zero-order valence-electron chi connectivity index (χ0n) is 12.3. The van der Waals surface area contributed by atoms with Gasteiger partial charge in [0, 0.05) is 25.4 Å². The Morgan fingerprint density at radius 3 is 2.77 bits per heavy atom. The number of hydrogen-bond acceptors (Lipinski definition) is 4. The minimum atomic E-state index is -0.123. The number of ether oxygens (including phenoxy) is 1. The second kappa shape index (κ2) is 8.92. The van der Waals surface area contributed by atoms with Gasteiger partial charge >= 0.3 is 0 Å². The van der Waals surface area contributed by atoms with E-state index >= 15 is 0 Å². The summed E-state index contributed by atoms with van der Waals surface area (Å²) in [6, 6.07) is 7.90. The third kappa shape index (κ3) is 5.12. The first kappa shape index (κ1) is 17.0. The number of halogens is 1. The van der Waals surface area contributed by atoms with Crippen molar-refractivity contribution in [3.63, 3.8) is 0 Å². The molecule has 1 saturated heterocycles. The number of morpholine rings is 1. The molecule has 1 aromatic rings. The molecule has 1 fully saturated rings. The summed E-state index contributed by atoms with van der Waals surface area (Å²) in [5.74, 6) is 0.343. The number of para-hydroxylation sites is 2. The molecule has 0 atom stereocenters. The average molecular weight is 342 g/mol. The van der Waals surface area contributed by atoms with Crippen molar-refractivity contribution < 1.29 is 9.53 Å². The van der Waals surface area contributed by atoms with Crippen molar-refractivity contribution >= 4 is 46.2 Å². The van der Waals surface area contributed by atoms with Crippen LogP contribution >= 0.6 is 23.8 Å². The quantitative estimate of drug-likeness (QED) is 0.636. The molecule has 7 heteroatoms. The Morgan fingerprint density at radius 2 is 2.05 bits per heavy atom. The first-order valence-electron chi connectivity index (χ1n) is 7.29. The lowest BCUT2D eigenvalue weighted by Gasteiger charge is -2.30. The van der Waals surface area contributed by atoms with Gasteiger partial charge in [0.2, 0.25) is 5.91 Å². The average Bonchev–Trinajstić information content (AvgIpc) is 2.54. The van der Waals surface area contributed by atoms with Crippen molar-refractivity contribution in [3.05, 3.63) is 24.3 Å². The van der Waals surface area contributed by atoms with E-state index in [1.807, 2.05) is 24.3 Å². The normalized spacial score (nSPS) is 14.5. The van der Waals surface area contributed by atoms with Crippen molar-refractivity contribution in [1.29, 1.82) is 0 Å². The highest BCUT2D eigenvalue weighted by atomic mass is 35.5. The van der Waals surface area contributed by atoms with Crippen LogP contribution in [-0.4, -0.2) is 43.2 Å². The summed E-state index contributed by atoms with van der Waals surface area (Å²) >= 11 is 10.8. The fourth-order valence-corrected chi connectivity index (χ4v) is 2.59. The number of alkyl halides is 1. The number of hydrogen-bond donors (Lipinski definition) is 2. The van der Waals surface area contributed by atoms with Crippen molar-refractivity contribution in [1.82, 2.24) is 5.32 Å². The standard InChI is InChI=1S/C15H20ClN3O2S/c16-7-3-6-14(20)18-15(22)17-12-4-1-2-5-13(12)19-8-10-21-11-9-19/h1-2,4-5H,3,6-11H2,(H2,17,18,20,22). The molecule has 0 radical (unpaired) electrons. The summed E-state index contributed by atoms with van der Waals surface area (Å²) in [4.78, 5) is 13.9. The summed E-state index contributed by atoms with van der Waals surface area (Å²) in [5.41, 5.74) is 1.94. The molecular weight excluding hydrogens is 322 g/mol. The van der Waals surface area contributed by atoms with Gasteiger partial charge in [0.1, 0.15) is 0 Å². The number of thiocarbonyl (C=S) groups is 1. The van der Waals surface area contributed by atoms with E-state index in [1.54, 1.807) is 0 Å². The number of rotatable bonds is 5.